The second-order valence-corrected chi connectivity index (χ2v) is 7.89. The summed E-state index contributed by atoms with van der Waals surface area (Å²) in [7, 11) is -3.57. The van der Waals surface area contributed by atoms with Crippen molar-refractivity contribution in [3.05, 3.63) is 29.8 Å². The van der Waals surface area contributed by atoms with E-state index in [1.807, 2.05) is 0 Å². The lowest BCUT2D eigenvalue weighted by Gasteiger charge is -2.16. The van der Waals surface area contributed by atoms with Gasteiger partial charge in [0, 0.05) is 24.7 Å². The minimum absolute atomic E-state index is 0. The molecule has 1 fully saturated rings. The molecular formula is C17H27ClN2O3S. The lowest BCUT2D eigenvalue weighted by molar-refractivity contribution is 0.101. The van der Waals surface area contributed by atoms with Crippen LogP contribution in [0.15, 0.2) is 29.2 Å². The Hall–Kier alpha value is -0.950. The summed E-state index contributed by atoms with van der Waals surface area (Å²) >= 11 is 0. The van der Waals surface area contributed by atoms with Crippen molar-refractivity contribution in [3.63, 3.8) is 0 Å². The quantitative estimate of drug-likeness (QED) is 0.437. The zero-order valence-electron chi connectivity index (χ0n) is 14.1. The highest BCUT2D eigenvalue weighted by Crippen LogP contribution is 2.17. The Morgan fingerprint density at radius 3 is 2.42 bits per heavy atom. The van der Waals surface area contributed by atoms with Crippen molar-refractivity contribution in [3.8, 4) is 0 Å². The lowest BCUT2D eigenvalue weighted by atomic mass is 10.1. The number of hydrogen-bond acceptors (Lipinski definition) is 4. The molecular weight excluding hydrogens is 348 g/mol. The molecule has 5 nitrogen and oxygen atoms in total. The van der Waals surface area contributed by atoms with Gasteiger partial charge in [0.2, 0.25) is 10.0 Å². The smallest absolute Gasteiger partial charge is 0.240 e. The van der Waals surface area contributed by atoms with Crippen molar-refractivity contribution in [2.45, 2.75) is 56.4 Å². The fourth-order valence-electron chi connectivity index (χ4n) is 2.91. The van der Waals surface area contributed by atoms with Crippen molar-refractivity contribution >= 4 is 28.2 Å². The minimum Gasteiger partial charge on any atom is -0.313 e. The summed E-state index contributed by atoms with van der Waals surface area (Å²) in [4.78, 5) is 11.5. The Labute approximate surface area is 151 Å². The molecule has 2 N–H and O–H groups in total. The number of nitrogens with one attached hydrogen (secondary N) is 2. The van der Waals surface area contributed by atoms with Crippen LogP contribution in [0.25, 0.3) is 0 Å². The molecule has 0 unspecified atom stereocenters. The Morgan fingerprint density at radius 1 is 1.12 bits per heavy atom. The van der Waals surface area contributed by atoms with Crippen LogP contribution in [0.5, 0.6) is 0 Å². The molecule has 1 aromatic rings. The Bertz CT molecular complexity index is 626. The highest BCUT2D eigenvalue weighted by atomic mass is 35.5. The monoisotopic (exact) mass is 374 g/mol. The van der Waals surface area contributed by atoms with Gasteiger partial charge in [-0.05, 0) is 31.9 Å². The van der Waals surface area contributed by atoms with E-state index in [9.17, 15) is 13.2 Å². The second kappa shape index (κ2) is 10.1. The van der Waals surface area contributed by atoms with Crippen molar-refractivity contribution in [1.82, 2.24) is 10.0 Å². The Morgan fingerprint density at radius 2 is 1.79 bits per heavy atom. The summed E-state index contributed by atoms with van der Waals surface area (Å²) in [6.45, 7) is 2.40. The van der Waals surface area contributed by atoms with Gasteiger partial charge in [0.05, 0.1) is 4.90 Å². The van der Waals surface area contributed by atoms with Crippen LogP contribution in [0.4, 0.5) is 0 Å². The molecule has 0 saturated heterocycles. The number of ketones is 1. The lowest BCUT2D eigenvalue weighted by Crippen LogP contribution is -2.36. The van der Waals surface area contributed by atoms with E-state index in [2.05, 4.69) is 10.0 Å². The summed E-state index contributed by atoms with van der Waals surface area (Å²) in [5.41, 5.74) is 0.407. The van der Waals surface area contributed by atoms with Gasteiger partial charge in [-0.2, -0.15) is 0 Å². The molecule has 0 aromatic heterocycles. The molecule has 0 heterocycles. The van der Waals surface area contributed by atoms with Crippen molar-refractivity contribution in [2.75, 3.05) is 13.1 Å². The van der Waals surface area contributed by atoms with Gasteiger partial charge in [-0.3, -0.25) is 4.79 Å². The number of carbonyl (C=O) groups excluding carboxylic acids is 1. The summed E-state index contributed by atoms with van der Waals surface area (Å²) < 4.78 is 27.1. The normalized spacial score (nSPS) is 16.2. The summed E-state index contributed by atoms with van der Waals surface area (Å²) in [5, 5.41) is 3.43. The van der Waals surface area contributed by atoms with Crippen molar-refractivity contribution in [2.24, 2.45) is 0 Å². The van der Waals surface area contributed by atoms with Gasteiger partial charge in [-0.15, -0.1) is 12.4 Å². The van der Waals surface area contributed by atoms with Crippen molar-refractivity contribution < 1.29 is 13.2 Å². The summed E-state index contributed by atoms with van der Waals surface area (Å²) in [5.74, 6) is -0.142. The molecule has 2 rings (SSSR count). The van der Waals surface area contributed by atoms with Gasteiger partial charge in [-0.25, -0.2) is 13.1 Å². The molecule has 0 aliphatic heterocycles. The first-order valence-corrected chi connectivity index (χ1v) is 9.81. The van der Waals surface area contributed by atoms with Crippen molar-refractivity contribution in [1.29, 1.82) is 0 Å². The third-order valence-electron chi connectivity index (χ3n) is 4.26. The molecule has 1 aliphatic carbocycles. The first kappa shape index (κ1) is 21.1. The Balaban J connectivity index is 0.00000288. The number of hydrogen-bond donors (Lipinski definition) is 2. The van der Waals surface area contributed by atoms with E-state index in [0.29, 0.717) is 24.7 Å². The van der Waals surface area contributed by atoms with E-state index in [1.165, 1.54) is 57.6 Å². The summed E-state index contributed by atoms with van der Waals surface area (Å²) in [6.07, 6.45) is 7.46. The Kier molecular flexibility index (Phi) is 8.91. The van der Waals surface area contributed by atoms with Crippen LogP contribution >= 0.6 is 12.4 Å². The fraction of sp³-hybridized carbons (Fsp3) is 0.588. The SMILES string of the molecule is CC(=O)c1cccc(S(=O)(=O)NCCNC2CCCCCC2)c1.Cl. The zero-order valence-corrected chi connectivity index (χ0v) is 15.7. The van der Waals surface area contributed by atoms with Gasteiger partial charge in [0.25, 0.3) is 0 Å². The summed E-state index contributed by atoms with van der Waals surface area (Å²) in [6, 6.07) is 6.64. The molecule has 1 saturated carbocycles. The predicted octanol–water partition coefficient (Wildman–Crippen LogP) is 2.90. The number of benzene rings is 1. The highest BCUT2D eigenvalue weighted by molar-refractivity contribution is 7.89. The van der Waals surface area contributed by atoms with Gasteiger partial charge in [0.15, 0.2) is 5.78 Å². The highest BCUT2D eigenvalue weighted by Gasteiger charge is 2.15. The molecule has 1 aromatic carbocycles. The number of Topliss-reactive ketones (excluding diaryl/α,β-unsaturated/α-hetero) is 1. The number of carbonyl (C=O) groups is 1. The van der Waals surface area contributed by atoms with Gasteiger partial charge >= 0.3 is 0 Å². The van der Waals surface area contributed by atoms with Crippen LogP contribution in [0.1, 0.15) is 55.8 Å². The molecule has 0 atom stereocenters. The number of rotatable bonds is 7. The maximum atomic E-state index is 12.3. The molecule has 0 spiro atoms. The molecule has 0 amide bonds. The zero-order chi connectivity index (χ0) is 16.7. The maximum absolute atomic E-state index is 12.3. The van der Waals surface area contributed by atoms with Gasteiger partial charge in [-0.1, -0.05) is 37.8 Å². The van der Waals surface area contributed by atoms with Crippen LogP contribution in [-0.4, -0.2) is 33.3 Å². The fourth-order valence-corrected chi connectivity index (χ4v) is 3.99. The number of halogens is 1. The van der Waals surface area contributed by atoms with Crippen LogP contribution in [0, 0.1) is 0 Å². The third kappa shape index (κ3) is 6.51. The van der Waals surface area contributed by atoms with Crippen LogP contribution < -0.4 is 10.0 Å². The first-order chi connectivity index (χ1) is 11.0. The molecule has 136 valence electrons. The molecule has 0 bridgehead atoms. The molecule has 0 radical (unpaired) electrons. The molecule has 7 heteroatoms. The van der Waals surface area contributed by atoms with Crippen LogP contribution in [0.2, 0.25) is 0 Å². The number of sulfonamides is 1. The molecule has 1 aliphatic rings. The van der Waals surface area contributed by atoms with Gasteiger partial charge < -0.3 is 5.32 Å². The standard InChI is InChI=1S/C17H26N2O3S.ClH/c1-14(20)15-7-6-10-17(13-15)23(21,22)19-12-11-18-16-8-4-2-3-5-9-16;/h6-7,10,13,16,18-19H,2-5,8-9,11-12H2,1H3;1H. The average Bonchev–Trinajstić information content (AvgIpc) is 2.80. The van der Waals surface area contributed by atoms with E-state index in [-0.39, 0.29) is 23.1 Å². The van der Waals surface area contributed by atoms with Gasteiger partial charge in [0.1, 0.15) is 0 Å². The van der Waals surface area contributed by atoms with E-state index >= 15 is 0 Å². The first-order valence-electron chi connectivity index (χ1n) is 8.33. The van der Waals surface area contributed by atoms with E-state index in [4.69, 9.17) is 0 Å². The largest absolute Gasteiger partial charge is 0.313 e. The van der Waals surface area contributed by atoms with Crippen LogP contribution in [0.3, 0.4) is 0 Å². The third-order valence-corrected chi connectivity index (χ3v) is 5.71. The molecule has 24 heavy (non-hydrogen) atoms. The van der Waals surface area contributed by atoms with E-state index in [0.717, 1.165) is 0 Å². The van der Waals surface area contributed by atoms with Crippen LogP contribution in [-0.2, 0) is 10.0 Å². The minimum atomic E-state index is -3.57. The maximum Gasteiger partial charge on any atom is 0.240 e. The second-order valence-electron chi connectivity index (χ2n) is 6.12. The van der Waals surface area contributed by atoms with E-state index in [1.54, 1.807) is 12.1 Å². The predicted molar refractivity (Wildman–Crippen MR) is 98.4 cm³/mol. The van der Waals surface area contributed by atoms with E-state index < -0.39 is 10.0 Å². The average molecular weight is 375 g/mol. The topological polar surface area (TPSA) is 75.3 Å².